The average molecular weight is 124 g/mol. The number of allylic oxidation sites excluding steroid dienone is 2. The minimum absolute atomic E-state index is 0.249. The standard InChI is InChI=1S/C7H8O2/c1-5-2-3-6(8)7(9)4-5/h4H,2-3H2,1H3. The van der Waals surface area contributed by atoms with E-state index in [1.165, 1.54) is 6.08 Å². The first kappa shape index (κ1) is 6.20. The summed E-state index contributed by atoms with van der Waals surface area (Å²) >= 11 is 0. The van der Waals surface area contributed by atoms with Crippen LogP contribution in [0.3, 0.4) is 0 Å². The van der Waals surface area contributed by atoms with Crippen molar-refractivity contribution in [2.45, 2.75) is 19.8 Å². The Balaban J connectivity index is 2.82. The summed E-state index contributed by atoms with van der Waals surface area (Å²) in [5, 5.41) is 0. The summed E-state index contributed by atoms with van der Waals surface area (Å²) in [5.41, 5.74) is 1.01. The van der Waals surface area contributed by atoms with Crippen molar-refractivity contribution in [2.75, 3.05) is 0 Å². The van der Waals surface area contributed by atoms with Crippen molar-refractivity contribution in [3.8, 4) is 0 Å². The zero-order chi connectivity index (χ0) is 6.85. The molecule has 0 aromatic rings. The zero-order valence-electron chi connectivity index (χ0n) is 5.31. The first-order valence-corrected chi connectivity index (χ1v) is 2.94. The Morgan fingerprint density at radius 2 is 2.00 bits per heavy atom. The lowest BCUT2D eigenvalue weighted by atomic mass is 9.99. The Hall–Kier alpha value is -0.920. The molecule has 0 spiro atoms. The van der Waals surface area contributed by atoms with E-state index in [2.05, 4.69) is 0 Å². The molecule has 0 aromatic heterocycles. The lowest BCUT2D eigenvalue weighted by molar-refractivity contribution is -0.134. The molecule has 0 saturated heterocycles. The molecule has 0 N–H and O–H groups in total. The minimum Gasteiger partial charge on any atom is -0.291 e. The molecule has 0 heterocycles. The van der Waals surface area contributed by atoms with Crippen molar-refractivity contribution in [2.24, 2.45) is 0 Å². The summed E-state index contributed by atoms with van der Waals surface area (Å²) in [5.74, 6) is -0.584. The summed E-state index contributed by atoms with van der Waals surface area (Å²) in [6, 6.07) is 0. The Labute approximate surface area is 53.6 Å². The number of Topliss-reactive ketones (excluding diaryl/α,β-unsaturated/α-hetero) is 1. The first-order valence-electron chi connectivity index (χ1n) is 2.94. The predicted molar refractivity (Wildman–Crippen MR) is 33.0 cm³/mol. The lowest BCUT2D eigenvalue weighted by Gasteiger charge is -2.04. The second-order valence-electron chi connectivity index (χ2n) is 2.28. The Kier molecular flexibility index (Phi) is 1.47. The van der Waals surface area contributed by atoms with Gasteiger partial charge in [0.15, 0.2) is 0 Å². The molecule has 0 aromatic carbocycles. The van der Waals surface area contributed by atoms with Crippen LogP contribution < -0.4 is 0 Å². The van der Waals surface area contributed by atoms with Gasteiger partial charge >= 0.3 is 0 Å². The molecule has 2 heteroatoms. The van der Waals surface area contributed by atoms with E-state index in [0.717, 1.165) is 12.0 Å². The summed E-state index contributed by atoms with van der Waals surface area (Å²) < 4.78 is 0. The van der Waals surface area contributed by atoms with E-state index in [-0.39, 0.29) is 11.6 Å². The van der Waals surface area contributed by atoms with Gasteiger partial charge in [-0.1, -0.05) is 5.57 Å². The molecule has 0 amide bonds. The molecule has 0 bridgehead atoms. The molecule has 1 aliphatic rings. The van der Waals surface area contributed by atoms with Crippen molar-refractivity contribution in [3.63, 3.8) is 0 Å². The van der Waals surface area contributed by atoms with E-state index in [4.69, 9.17) is 0 Å². The van der Waals surface area contributed by atoms with Crippen molar-refractivity contribution < 1.29 is 9.59 Å². The third-order valence-corrected chi connectivity index (χ3v) is 1.40. The molecular weight excluding hydrogens is 116 g/mol. The smallest absolute Gasteiger partial charge is 0.221 e. The Morgan fingerprint density at radius 3 is 2.44 bits per heavy atom. The Bertz CT molecular complexity index is 189. The van der Waals surface area contributed by atoms with Crippen LogP contribution in [0, 0.1) is 0 Å². The zero-order valence-corrected chi connectivity index (χ0v) is 5.31. The van der Waals surface area contributed by atoms with Crippen LogP contribution in [0.25, 0.3) is 0 Å². The van der Waals surface area contributed by atoms with Crippen molar-refractivity contribution in [1.82, 2.24) is 0 Å². The molecular formula is C7H8O2. The molecule has 0 atom stereocenters. The number of carbonyl (C=O) groups is 2. The quantitative estimate of drug-likeness (QED) is 0.449. The molecule has 0 saturated carbocycles. The Morgan fingerprint density at radius 1 is 1.33 bits per heavy atom. The van der Waals surface area contributed by atoms with Crippen LogP contribution in [0.1, 0.15) is 19.8 Å². The van der Waals surface area contributed by atoms with E-state index in [0.29, 0.717) is 6.42 Å². The van der Waals surface area contributed by atoms with Crippen LogP contribution in [-0.4, -0.2) is 11.6 Å². The molecule has 1 rings (SSSR count). The van der Waals surface area contributed by atoms with E-state index in [1.54, 1.807) is 0 Å². The van der Waals surface area contributed by atoms with E-state index in [1.807, 2.05) is 6.92 Å². The predicted octanol–water partition coefficient (Wildman–Crippen LogP) is 0.865. The average Bonchev–Trinajstić information content (AvgIpc) is 1.80. The van der Waals surface area contributed by atoms with Crippen molar-refractivity contribution in [3.05, 3.63) is 11.6 Å². The molecule has 0 unspecified atom stereocenters. The van der Waals surface area contributed by atoms with Gasteiger partial charge in [0, 0.05) is 6.42 Å². The van der Waals surface area contributed by atoms with Crippen LogP contribution in [0.5, 0.6) is 0 Å². The van der Waals surface area contributed by atoms with Gasteiger partial charge in [0.25, 0.3) is 0 Å². The number of rotatable bonds is 0. The molecule has 0 radical (unpaired) electrons. The number of ketones is 2. The highest BCUT2D eigenvalue weighted by Crippen LogP contribution is 2.10. The summed E-state index contributed by atoms with van der Waals surface area (Å²) in [7, 11) is 0. The third-order valence-electron chi connectivity index (χ3n) is 1.40. The van der Waals surface area contributed by atoms with Crippen LogP contribution in [-0.2, 0) is 9.59 Å². The second kappa shape index (κ2) is 2.13. The third kappa shape index (κ3) is 1.25. The van der Waals surface area contributed by atoms with Crippen molar-refractivity contribution >= 4 is 11.6 Å². The number of carbonyl (C=O) groups excluding carboxylic acids is 2. The lowest BCUT2D eigenvalue weighted by Crippen LogP contribution is -2.15. The fourth-order valence-corrected chi connectivity index (χ4v) is 0.810. The number of hydrogen-bond donors (Lipinski definition) is 0. The maximum Gasteiger partial charge on any atom is 0.221 e. The van der Waals surface area contributed by atoms with Gasteiger partial charge < -0.3 is 0 Å². The molecule has 0 aliphatic heterocycles. The van der Waals surface area contributed by atoms with Crippen molar-refractivity contribution in [1.29, 1.82) is 0 Å². The topological polar surface area (TPSA) is 34.1 Å². The van der Waals surface area contributed by atoms with E-state index in [9.17, 15) is 9.59 Å². The second-order valence-corrected chi connectivity index (χ2v) is 2.28. The van der Waals surface area contributed by atoms with Gasteiger partial charge in [-0.3, -0.25) is 9.59 Å². The normalized spacial score (nSPS) is 19.9. The monoisotopic (exact) mass is 124 g/mol. The highest BCUT2D eigenvalue weighted by atomic mass is 16.2. The van der Waals surface area contributed by atoms with Gasteiger partial charge in [-0.2, -0.15) is 0 Å². The SMILES string of the molecule is CC1=CC(=O)C(=O)CC1. The molecule has 9 heavy (non-hydrogen) atoms. The van der Waals surface area contributed by atoms with Gasteiger partial charge in [0.1, 0.15) is 0 Å². The van der Waals surface area contributed by atoms with Gasteiger partial charge in [-0.25, -0.2) is 0 Å². The first-order chi connectivity index (χ1) is 4.20. The fourth-order valence-electron chi connectivity index (χ4n) is 0.810. The minimum atomic E-state index is -0.334. The maximum atomic E-state index is 10.6. The summed E-state index contributed by atoms with van der Waals surface area (Å²) in [6.07, 6.45) is 2.58. The highest BCUT2D eigenvalue weighted by Gasteiger charge is 2.15. The van der Waals surface area contributed by atoms with Gasteiger partial charge in [-0.15, -0.1) is 0 Å². The van der Waals surface area contributed by atoms with Crippen LogP contribution in [0.15, 0.2) is 11.6 Å². The van der Waals surface area contributed by atoms with E-state index < -0.39 is 0 Å². The maximum absolute atomic E-state index is 10.6. The van der Waals surface area contributed by atoms with Gasteiger partial charge in [0.2, 0.25) is 11.6 Å². The molecule has 2 nitrogen and oxygen atoms in total. The van der Waals surface area contributed by atoms with Crippen LogP contribution >= 0.6 is 0 Å². The largest absolute Gasteiger partial charge is 0.291 e. The highest BCUT2D eigenvalue weighted by molar-refractivity contribution is 6.42. The summed E-state index contributed by atoms with van der Waals surface area (Å²) in [4.78, 5) is 21.1. The van der Waals surface area contributed by atoms with Gasteiger partial charge in [-0.05, 0) is 19.4 Å². The summed E-state index contributed by atoms with van der Waals surface area (Å²) in [6.45, 7) is 1.87. The van der Waals surface area contributed by atoms with Crippen LogP contribution in [0.4, 0.5) is 0 Å². The molecule has 1 aliphatic carbocycles. The van der Waals surface area contributed by atoms with Crippen LogP contribution in [0.2, 0.25) is 0 Å². The number of hydrogen-bond acceptors (Lipinski definition) is 2. The molecule has 48 valence electrons. The fraction of sp³-hybridized carbons (Fsp3) is 0.429. The van der Waals surface area contributed by atoms with E-state index >= 15 is 0 Å². The van der Waals surface area contributed by atoms with Gasteiger partial charge in [0.05, 0.1) is 0 Å². The molecule has 0 fully saturated rings.